The fraction of sp³-hybridized carbons (Fsp3) is 0.391. The normalized spacial score (nSPS) is 13.4. The predicted molar refractivity (Wildman–Crippen MR) is 120 cm³/mol. The van der Waals surface area contributed by atoms with Gasteiger partial charge in [-0.2, -0.15) is 4.98 Å². The molecule has 2 N–H and O–H groups in total. The van der Waals surface area contributed by atoms with E-state index in [2.05, 4.69) is 15.4 Å². The first-order valence-corrected chi connectivity index (χ1v) is 10.7. The number of hydrogen-bond donors (Lipinski definition) is 2. The lowest BCUT2D eigenvalue weighted by Gasteiger charge is -2.13. The molecule has 0 saturated heterocycles. The van der Waals surface area contributed by atoms with Crippen LogP contribution in [0.1, 0.15) is 20.8 Å². The van der Waals surface area contributed by atoms with Crippen molar-refractivity contribution >= 4 is 5.69 Å². The summed E-state index contributed by atoms with van der Waals surface area (Å²) in [5, 5.41) is 17.7. The van der Waals surface area contributed by atoms with Crippen LogP contribution in [0.2, 0.25) is 0 Å². The number of hydrogen-bond acceptors (Lipinski definition) is 8. The van der Waals surface area contributed by atoms with Gasteiger partial charge in [0, 0.05) is 24.4 Å². The average molecular weight is 441 g/mol. The standard InChI is InChI=1S/C23H28N4O5/c1-4-29-13-19(28)12-24-17-6-8-18(9-7-17)27-22(25-23(26-27)32-15(2)3)16-5-10-20-21(11-16)31-14-30-20/h5-11,15,19,24,28H,4,12-14H2,1-3H3. The van der Waals surface area contributed by atoms with Crippen molar-refractivity contribution in [2.24, 2.45) is 0 Å². The minimum absolute atomic E-state index is 0.0508. The Morgan fingerprint density at radius 2 is 1.91 bits per heavy atom. The molecule has 9 nitrogen and oxygen atoms in total. The monoisotopic (exact) mass is 440 g/mol. The number of aliphatic hydroxyl groups is 1. The van der Waals surface area contributed by atoms with Crippen LogP contribution in [-0.4, -0.2) is 58.6 Å². The summed E-state index contributed by atoms with van der Waals surface area (Å²) in [5.41, 5.74) is 2.54. The van der Waals surface area contributed by atoms with Crippen molar-refractivity contribution in [2.45, 2.75) is 33.0 Å². The van der Waals surface area contributed by atoms with Crippen LogP contribution in [0.4, 0.5) is 5.69 Å². The van der Waals surface area contributed by atoms with Gasteiger partial charge in [0.1, 0.15) is 0 Å². The Labute approximate surface area is 186 Å². The van der Waals surface area contributed by atoms with Crippen molar-refractivity contribution in [3.8, 4) is 34.6 Å². The van der Waals surface area contributed by atoms with Gasteiger partial charge in [0.05, 0.1) is 24.5 Å². The Kier molecular flexibility index (Phi) is 6.77. The van der Waals surface area contributed by atoms with Gasteiger partial charge in [-0.05, 0) is 63.2 Å². The van der Waals surface area contributed by atoms with Gasteiger partial charge in [-0.15, -0.1) is 5.10 Å². The largest absolute Gasteiger partial charge is 0.460 e. The summed E-state index contributed by atoms with van der Waals surface area (Å²) in [6, 6.07) is 13.7. The number of anilines is 1. The van der Waals surface area contributed by atoms with Crippen LogP contribution in [0.15, 0.2) is 42.5 Å². The summed E-state index contributed by atoms with van der Waals surface area (Å²) in [5.74, 6) is 2.01. The summed E-state index contributed by atoms with van der Waals surface area (Å²) >= 11 is 0. The highest BCUT2D eigenvalue weighted by molar-refractivity contribution is 5.64. The molecule has 1 aromatic heterocycles. The molecule has 0 radical (unpaired) electrons. The van der Waals surface area contributed by atoms with Crippen LogP contribution in [0.5, 0.6) is 17.5 Å². The van der Waals surface area contributed by atoms with Crippen LogP contribution < -0.4 is 19.5 Å². The lowest BCUT2D eigenvalue weighted by Crippen LogP contribution is -2.24. The smallest absolute Gasteiger partial charge is 0.336 e. The molecule has 4 rings (SSSR count). The van der Waals surface area contributed by atoms with Crippen LogP contribution in [-0.2, 0) is 4.74 Å². The first-order valence-electron chi connectivity index (χ1n) is 10.7. The molecule has 1 aliphatic rings. The van der Waals surface area contributed by atoms with Crippen molar-refractivity contribution in [3.05, 3.63) is 42.5 Å². The van der Waals surface area contributed by atoms with Crippen molar-refractivity contribution in [3.63, 3.8) is 0 Å². The summed E-state index contributed by atoms with van der Waals surface area (Å²) in [4.78, 5) is 4.60. The molecule has 0 bridgehead atoms. The van der Waals surface area contributed by atoms with Gasteiger partial charge in [0.15, 0.2) is 17.3 Å². The molecule has 170 valence electrons. The third-order valence-corrected chi connectivity index (χ3v) is 4.73. The highest BCUT2D eigenvalue weighted by atomic mass is 16.7. The molecule has 32 heavy (non-hydrogen) atoms. The van der Waals surface area contributed by atoms with Gasteiger partial charge in [-0.1, -0.05) is 0 Å². The van der Waals surface area contributed by atoms with Gasteiger partial charge >= 0.3 is 6.01 Å². The van der Waals surface area contributed by atoms with E-state index in [0.29, 0.717) is 43.1 Å². The summed E-state index contributed by atoms with van der Waals surface area (Å²) in [6.45, 7) is 7.26. The minimum Gasteiger partial charge on any atom is -0.460 e. The van der Waals surface area contributed by atoms with Gasteiger partial charge in [-0.25, -0.2) is 4.68 Å². The molecular formula is C23H28N4O5. The number of nitrogens with zero attached hydrogens (tertiary/aromatic N) is 3. The predicted octanol–water partition coefficient (Wildman–Crippen LogP) is 3.26. The number of benzene rings is 2. The Bertz CT molecular complexity index is 1040. The molecule has 2 aromatic carbocycles. The van der Waals surface area contributed by atoms with E-state index in [1.807, 2.05) is 63.2 Å². The molecule has 0 amide bonds. The van der Waals surface area contributed by atoms with E-state index >= 15 is 0 Å². The molecule has 0 saturated carbocycles. The van der Waals surface area contributed by atoms with Crippen molar-refractivity contribution in [1.29, 1.82) is 0 Å². The van der Waals surface area contributed by atoms with Crippen LogP contribution in [0.3, 0.4) is 0 Å². The van der Waals surface area contributed by atoms with E-state index in [1.165, 1.54) is 0 Å². The zero-order chi connectivity index (χ0) is 22.5. The second-order valence-corrected chi connectivity index (χ2v) is 7.61. The molecule has 2 heterocycles. The third-order valence-electron chi connectivity index (χ3n) is 4.73. The van der Waals surface area contributed by atoms with Crippen LogP contribution >= 0.6 is 0 Å². The maximum absolute atomic E-state index is 9.94. The maximum atomic E-state index is 9.94. The summed E-state index contributed by atoms with van der Waals surface area (Å²) in [7, 11) is 0. The molecule has 1 unspecified atom stereocenters. The van der Waals surface area contributed by atoms with E-state index < -0.39 is 6.10 Å². The van der Waals surface area contributed by atoms with Gasteiger partial charge in [-0.3, -0.25) is 0 Å². The van der Waals surface area contributed by atoms with E-state index in [0.717, 1.165) is 16.9 Å². The third kappa shape index (κ3) is 5.12. The molecule has 1 atom stereocenters. The number of rotatable bonds is 10. The zero-order valence-electron chi connectivity index (χ0n) is 18.4. The highest BCUT2D eigenvalue weighted by Crippen LogP contribution is 2.36. The topological polar surface area (TPSA) is 99.9 Å². The molecule has 9 heteroatoms. The Morgan fingerprint density at radius 1 is 1.12 bits per heavy atom. The average Bonchev–Trinajstić information content (AvgIpc) is 3.42. The summed E-state index contributed by atoms with van der Waals surface area (Å²) < 4.78 is 23.6. The SMILES string of the molecule is CCOCC(O)CNc1ccc(-n2nc(OC(C)C)nc2-c2ccc3c(c2)OCO3)cc1. The molecule has 0 fully saturated rings. The number of aromatic nitrogens is 3. The molecule has 0 aliphatic carbocycles. The van der Waals surface area contributed by atoms with E-state index in [1.54, 1.807) is 4.68 Å². The molecule has 0 spiro atoms. The quantitative estimate of drug-likeness (QED) is 0.496. The first-order chi connectivity index (χ1) is 15.5. The van der Waals surface area contributed by atoms with Crippen molar-refractivity contribution in [2.75, 3.05) is 31.9 Å². The zero-order valence-corrected chi connectivity index (χ0v) is 18.4. The van der Waals surface area contributed by atoms with Gasteiger partial charge in [0.25, 0.3) is 0 Å². The lowest BCUT2D eigenvalue weighted by molar-refractivity contribution is 0.0496. The maximum Gasteiger partial charge on any atom is 0.336 e. The van der Waals surface area contributed by atoms with Gasteiger partial charge < -0.3 is 29.4 Å². The van der Waals surface area contributed by atoms with Gasteiger partial charge in [0.2, 0.25) is 6.79 Å². The van der Waals surface area contributed by atoms with Crippen molar-refractivity contribution in [1.82, 2.24) is 14.8 Å². The van der Waals surface area contributed by atoms with E-state index in [9.17, 15) is 5.11 Å². The van der Waals surface area contributed by atoms with E-state index in [-0.39, 0.29) is 12.9 Å². The Balaban J connectivity index is 1.57. The number of aliphatic hydroxyl groups excluding tert-OH is 1. The number of fused-ring (bicyclic) bond motifs is 1. The van der Waals surface area contributed by atoms with Crippen molar-refractivity contribution < 1.29 is 24.1 Å². The highest BCUT2D eigenvalue weighted by Gasteiger charge is 2.20. The summed E-state index contributed by atoms with van der Waals surface area (Å²) in [6.07, 6.45) is -0.622. The minimum atomic E-state index is -0.571. The van der Waals surface area contributed by atoms with Crippen LogP contribution in [0.25, 0.3) is 17.1 Å². The number of ether oxygens (including phenoxy) is 4. The van der Waals surface area contributed by atoms with E-state index in [4.69, 9.17) is 18.9 Å². The number of nitrogens with one attached hydrogen (secondary N) is 1. The fourth-order valence-electron chi connectivity index (χ4n) is 3.23. The molecule has 1 aliphatic heterocycles. The molecular weight excluding hydrogens is 412 g/mol. The first kappa shape index (κ1) is 21.9. The Morgan fingerprint density at radius 3 is 2.66 bits per heavy atom. The molecule has 3 aromatic rings. The Hall–Kier alpha value is -3.30. The lowest BCUT2D eigenvalue weighted by atomic mass is 10.2. The fourth-order valence-corrected chi connectivity index (χ4v) is 3.23. The second-order valence-electron chi connectivity index (χ2n) is 7.61. The van der Waals surface area contributed by atoms with Crippen LogP contribution in [0, 0.1) is 0 Å². The second kappa shape index (κ2) is 9.88.